The molecule has 1 aliphatic heterocycles. The van der Waals surface area contributed by atoms with Gasteiger partial charge in [0.25, 0.3) is 0 Å². The number of aryl methyl sites for hydroxylation is 1. The molecule has 79 heavy (non-hydrogen) atoms. The lowest BCUT2D eigenvalue weighted by molar-refractivity contribution is -0.136. The lowest BCUT2D eigenvalue weighted by atomic mass is 10.1. The van der Waals surface area contributed by atoms with Crippen LogP contribution in [0.2, 0.25) is 0 Å². The first-order chi connectivity index (χ1) is 38.5. The fraction of sp³-hybridized carbons (Fsp3) is 0.648. The molecular weight excluding hydrogens is 1060 g/mol. The average molecular weight is 1140 g/mol. The Morgan fingerprint density at radius 2 is 1.14 bits per heavy atom. The molecule has 0 unspecified atom stereocenters. The molecule has 0 bridgehead atoms. The van der Waals surface area contributed by atoms with E-state index in [4.69, 9.17) is 53.1 Å². The van der Waals surface area contributed by atoms with E-state index in [9.17, 15) is 27.2 Å². The first-order valence-electron chi connectivity index (χ1n) is 27.0. The summed E-state index contributed by atoms with van der Waals surface area (Å²) in [6, 6.07) is 3.92. The number of anilines is 1. The Bertz CT molecular complexity index is 2180. The summed E-state index contributed by atoms with van der Waals surface area (Å²) in [6.07, 6.45) is 11.2. The minimum atomic E-state index is -1.80. The molecule has 1 aromatic carbocycles. The minimum absolute atomic E-state index is 0.0124. The molecule has 1 aliphatic rings. The molecule has 2 aromatic heterocycles. The number of aromatic nitrogens is 2. The van der Waals surface area contributed by atoms with Crippen molar-refractivity contribution >= 4 is 46.8 Å². The quantitative estimate of drug-likeness (QED) is 0.0205. The second-order valence-corrected chi connectivity index (χ2v) is 19.0. The van der Waals surface area contributed by atoms with E-state index in [2.05, 4.69) is 50.0 Å². The van der Waals surface area contributed by atoms with Gasteiger partial charge < -0.3 is 73.0 Å². The van der Waals surface area contributed by atoms with Gasteiger partial charge in [0.15, 0.2) is 11.6 Å². The molecule has 0 aliphatic carbocycles. The number of fused-ring (bicyclic) bond motifs is 1. The molecule has 0 radical (unpaired) electrons. The predicted molar refractivity (Wildman–Crippen MR) is 290 cm³/mol. The van der Waals surface area contributed by atoms with Gasteiger partial charge in [0.1, 0.15) is 5.84 Å². The number of amides is 1. The number of hydrogen-bond donors (Lipinski definition) is 2. The number of aliphatic imine (C=N–C) groups is 1. The van der Waals surface area contributed by atoms with Crippen LogP contribution in [0.5, 0.6) is 5.75 Å². The number of esters is 1. The molecule has 20 nitrogen and oxygen atoms in total. The number of halogens is 4. The number of carbonyl (C=O) groups is 2. The molecule has 0 spiro atoms. The van der Waals surface area contributed by atoms with E-state index < -0.39 is 41.4 Å². The Kier molecular flexibility index (Phi) is 35.6. The van der Waals surface area contributed by atoms with Crippen LogP contribution >= 0.6 is 11.3 Å². The van der Waals surface area contributed by atoms with Crippen LogP contribution in [0.1, 0.15) is 61.6 Å². The van der Waals surface area contributed by atoms with Gasteiger partial charge in [-0.1, -0.05) is 13.3 Å². The fourth-order valence-corrected chi connectivity index (χ4v) is 8.49. The highest BCUT2D eigenvalue weighted by molar-refractivity contribution is 7.13. The van der Waals surface area contributed by atoms with Gasteiger partial charge in [0, 0.05) is 61.5 Å². The maximum atomic E-state index is 13.7. The Hall–Kier alpha value is -4.77. The van der Waals surface area contributed by atoms with Crippen LogP contribution in [0.15, 0.2) is 41.2 Å². The van der Waals surface area contributed by atoms with Gasteiger partial charge in [-0.15, -0.1) is 11.3 Å². The van der Waals surface area contributed by atoms with Crippen molar-refractivity contribution in [2.24, 2.45) is 10.7 Å². The second-order valence-electron chi connectivity index (χ2n) is 17.8. The number of likely N-dealkylation sites (N-methyl/N-ethyl adjacent to an activating group) is 1. The van der Waals surface area contributed by atoms with Crippen molar-refractivity contribution in [1.29, 1.82) is 0 Å². The smallest absolute Gasteiger partial charge is 0.313 e. The van der Waals surface area contributed by atoms with Crippen LogP contribution in [0, 0.1) is 23.3 Å². The van der Waals surface area contributed by atoms with Crippen molar-refractivity contribution in [2.75, 3.05) is 177 Å². The third kappa shape index (κ3) is 29.5. The van der Waals surface area contributed by atoms with Crippen LogP contribution in [0.4, 0.5) is 29.2 Å². The zero-order chi connectivity index (χ0) is 56.6. The third-order valence-corrected chi connectivity index (χ3v) is 12.5. The first kappa shape index (κ1) is 66.7. The number of nitrogens with two attached hydrogens (primary N) is 1. The van der Waals surface area contributed by atoms with Crippen LogP contribution in [-0.2, 0) is 63.4 Å². The number of unbranched alkanes of at least 4 members (excludes halogenated alkanes) is 2. The molecule has 3 heterocycles. The summed E-state index contributed by atoms with van der Waals surface area (Å²) in [6.45, 7) is 13.6. The average Bonchev–Trinajstić information content (AvgIpc) is 3.78. The van der Waals surface area contributed by atoms with Gasteiger partial charge in [-0.3, -0.25) is 9.59 Å². The second kappa shape index (κ2) is 42.1. The van der Waals surface area contributed by atoms with E-state index in [1.54, 1.807) is 29.8 Å². The van der Waals surface area contributed by atoms with Crippen molar-refractivity contribution in [3.05, 3.63) is 69.2 Å². The molecule has 0 atom stereocenters. The van der Waals surface area contributed by atoms with Crippen molar-refractivity contribution in [3.8, 4) is 5.75 Å². The largest absolute Gasteiger partial charge is 0.420 e. The van der Waals surface area contributed by atoms with Crippen LogP contribution in [-0.4, -0.2) is 209 Å². The summed E-state index contributed by atoms with van der Waals surface area (Å²) in [7, 11) is 2.12. The van der Waals surface area contributed by atoms with Gasteiger partial charge in [-0.05, 0) is 63.9 Å². The molecule has 3 N–H and O–H groups in total. The van der Waals surface area contributed by atoms with Gasteiger partial charge in [-0.2, -0.15) is 8.78 Å². The van der Waals surface area contributed by atoms with Crippen LogP contribution in [0.25, 0.3) is 6.08 Å². The van der Waals surface area contributed by atoms with Gasteiger partial charge in [0.05, 0.1) is 149 Å². The van der Waals surface area contributed by atoms with E-state index in [-0.39, 0.29) is 31.8 Å². The molecule has 0 saturated carbocycles. The Labute approximate surface area is 465 Å². The molecule has 0 fully saturated rings. The van der Waals surface area contributed by atoms with Crippen molar-refractivity contribution in [2.45, 2.75) is 58.3 Å². The number of carbonyl (C=O) groups excluding carboxylic acids is 2. The number of ether oxygens (including phenoxy) is 11. The minimum Gasteiger partial charge on any atom is -0.420 e. The predicted octanol–water partition coefficient (Wildman–Crippen LogP) is 6.42. The summed E-state index contributed by atoms with van der Waals surface area (Å²) in [5, 5.41) is 3.21. The highest BCUT2D eigenvalue weighted by atomic mass is 32.1. The SMILES string of the molecule is CCCN(CCCNc1ncccn1)C(=O)C1=Cc2sc(CCCCCN(C)CCOCCOCCOCCOCCOCCOCCOCCOCCOCCOCCC(=O)Oc3c(F)c(F)cc(F)c3F)cc2N=C(N)C1. The summed E-state index contributed by atoms with van der Waals surface area (Å²) in [4.78, 5) is 45.0. The number of nitrogens with one attached hydrogen (secondary N) is 1. The lowest BCUT2D eigenvalue weighted by Crippen LogP contribution is -2.35. The summed E-state index contributed by atoms with van der Waals surface area (Å²) in [5.74, 6) is -8.45. The van der Waals surface area contributed by atoms with Gasteiger partial charge in [-0.25, -0.2) is 23.7 Å². The highest BCUT2D eigenvalue weighted by Crippen LogP contribution is 2.36. The van der Waals surface area contributed by atoms with E-state index >= 15 is 0 Å². The van der Waals surface area contributed by atoms with Crippen molar-refractivity contribution < 1.29 is 79.3 Å². The van der Waals surface area contributed by atoms with Crippen LogP contribution < -0.4 is 15.8 Å². The van der Waals surface area contributed by atoms with Gasteiger partial charge in [0.2, 0.25) is 29.2 Å². The molecule has 3 aromatic rings. The Morgan fingerprint density at radius 3 is 1.66 bits per heavy atom. The molecule has 25 heteroatoms. The molecule has 0 saturated heterocycles. The number of amidine groups is 1. The number of hydrogen-bond acceptors (Lipinski definition) is 20. The maximum absolute atomic E-state index is 13.7. The lowest BCUT2D eigenvalue weighted by Gasteiger charge is -2.23. The summed E-state index contributed by atoms with van der Waals surface area (Å²) in [5.41, 5.74) is 7.86. The zero-order valence-corrected chi connectivity index (χ0v) is 46.7. The molecule has 444 valence electrons. The van der Waals surface area contributed by atoms with E-state index in [1.165, 1.54) is 4.88 Å². The van der Waals surface area contributed by atoms with E-state index in [0.29, 0.717) is 156 Å². The fourth-order valence-electron chi connectivity index (χ4n) is 7.38. The first-order valence-corrected chi connectivity index (χ1v) is 27.8. The maximum Gasteiger partial charge on any atom is 0.313 e. The normalized spacial score (nSPS) is 12.4. The monoisotopic (exact) mass is 1140 g/mol. The summed E-state index contributed by atoms with van der Waals surface area (Å²) >= 11 is 1.70. The van der Waals surface area contributed by atoms with E-state index in [1.807, 2.05) is 11.0 Å². The standard InChI is InChI=1S/C54H81F4N7O13S/c1-3-14-65(16-8-13-62-54-60-11-7-12-61-54)53(67)42-38-47-46(63-48(59)39-42)40-43(79-47)9-5-4-6-15-64(2)17-19-69-21-23-71-25-27-73-29-31-75-33-35-77-37-36-76-34-32-74-30-28-72-26-24-70-22-20-68-18-10-49(66)78-52-50(57)44(55)41-45(56)51(52)58/h7,11-12,38,40-41H,3-6,8-10,13-37,39H2,1-2H3,(H2,59,63)(H,60,61,62). The van der Waals surface area contributed by atoms with Gasteiger partial charge >= 0.3 is 5.97 Å². The van der Waals surface area contributed by atoms with E-state index in [0.717, 1.165) is 62.2 Å². The molecular formula is C54H81F4N7O13S. The zero-order valence-electron chi connectivity index (χ0n) is 45.8. The highest BCUT2D eigenvalue weighted by Gasteiger charge is 2.24. The molecule has 4 rings (SSSR count). The Morgan fingerprint density at radius 1 is 0.633 bits per heavy atom. The van der Waals surface area contributed by atoms with Crippen molar-refractivity contribution in [3.63, 3.8) is 0 Å². The number of thiophene rings is 1. The van der Waals surface area contributed by atoms with Crippen LogP contribution in [0.3, 0.4) is 0 Å². The number of rotatable bonds is 48. The molecule has 1 amide bonds. The summed E-state index contributed by atoms with van der Waals surface area (Å²) < 4.78 is 113. The topological polar surface area (TPSA) is 218 Å². The third-order valence-electron chi connectivity index (χ3n) is 11.4. The number of nitrogens with zero attached hydrogens (tertiary/aromatic N) is 5. The number of benzene rings is 1. The Balaban J connectivity index is 0.836. The van der Waals surface area contributed by atoms with Crippen molar-refractivity contribution in [1.82, 2.24) is 19.8 Å².